The molecule has 1 amide bonds. The lowest BCUT2D eigenvalue weighted by molar-refractivity contribution is -0.0955. The summed E-state index contributed by atoms with van der Waals surface area (Å²) in [7, 11) is 3.26. The topological polar surface area (TPSA) is 130 Å². The summed E-state index contributed by atoms with van der Waals surface area (Å²) in [6, 6.07) is 34.4. The Hall–Kier alpha value is -5.62. The van der Waals surface area contributed by atoms with E-state index in [0.717, 1.165) is 28.2 Å². The Kier molecular flexibility index (Phi) is 9.03. The predicted molar refractivity (Wildman–Crippen MR) is 183 cm³/mol. The van der Waals surface area contributed by atoms with Crippen molar-refractivity contribution in [3.8, 4) is 11.5 Å². The molecule has 7 rings (SSSR count). The minimum atomic E-state index is -1.07. The quantitative estimate of drug-likeness (QED) is 0.167. The number of aliphatic hydroxyl groups is 1. The van der Waals surface area contributed by atoms with Gasteiger partial charge in [-0.1, -0.05) is 72.8 Å². The molecular formula is C38H35N5O6. The van der Waals surface area contributed by atoms with Crippen LogP contribution in [0.15, 0.2) is 122 Å². The number of nitrogens with one attached hydrogen (secondary N) is 1. The van der Waals surface area contributed by atoms with Gasteiger partial charge in [0.15, 0.2) is 11.9 Å². The SMILES string of the molecule is COc1ccc(C(OC[C@H]2O[C@@H](n3cc4c(NC(=O)c5ccccc5)ncnc4n3)C[C@@H]2O)(c2ccccc2)c2ccc(OC)cc2)cc1. The maximum Gasteiger partial charge on any atom is 0.256 e. The summed E-state index contributed by atoms with van der Waals surface area (Å²) in [4.78, 5) is 21.4. The molecule has 49 heavy (non-hydrogen) atoms. The van der Waals surface area contributed by atoms with E-state index in [-0.39, 0.29) is 18.9 Å². The first-order chi connectivity index (χ1) is 24.0. The molecule has 0 bridgehead atoms. The molecule has 1 aliphatic rings. The third-order valence-electron chi connectivity index (χ3n) is 8.74. The van der Waals surface area contributed by atoms with Crippen molar-refractivity contribution in [3.05, 3.63) is 144 Å². The predicted octanol–water partition coefficient (Wildman–Crippen LogP) is 5.75. The Labute approximate surface area is 283 Å². The van der Waals surface area contributed by atoms with Crippen LogP contribution < -0.4 is 14.8 Å². The molecule has 0 aliphatic carbocycles. The number of aliphatic hydroxyl groups excluding tert-OH is 1. The van der Waals surface area contributed by atoms with Crippen LogP contribution in [0.5, 0.6) is 11.5 Å². The van der Waals surface area contributed by atoms with Crippen LogP contribution in [0, 0.1) is 0 Å². The van der Waals surface area contributed by atoms with E-state index in [9.17, 15) is 9.90 Å². The third kappa shape index (κ3) is 6.34. The van der Waals surface area contributed by atoms with Crippen LogP contribution in [0.4, 0.5) is 5.82 Å². The minimum Gasteiger partial charge on any atom is -0.497 e. The van der Waals surface area contributed by atoms with Gasteiger partial charge >= 0.3 is 0 Å². The molecule has 2 N–H and O–H groups in total. The fourth-order valence-corrected chi connectivity index (χ4v) is 6.18. The Morgan fingerprint density at radius 3 is 2.06 bits per heavy atom. The lowest BCUT2D eigenvalue weighted by Crippen LogP contribution is -2.38. The van der Waals surface area contributed by atoms with Gasteiger partial charge in [0.05, 0.1) is 32.3 Å². The molecule has 0 radical (unpaired) electrons. The van der Waals surface area contributed by atoms with Crippen molar-refractivity contribution in [2.75, 3.05) is 26.1 Å². The van der Waals surface area contributed by atoms with Gasteiger partial charge in [0.2, 0.25) is 0 Å². The van der Waals surface area contributed by atoms with Gasteiger partial charge in [-0.05, 0) is 53.1 Å². The summed E-state index contributed by atoms with van der Waals surface area (Å²) in [6.45, 7) is 0.0591. The number of rotatable bonds is 11. The molecule has 0 spiro atoms. The fraction of sp³-hybridized carbons (Fsp3) is 0.211. The molecule has 0 saturated carbocycles. The van der Waals surface area contributed by atoms with Crippen LogP contribution in [0.3, 0.4) is 0 Å². The highest BCUT2D eigenvalue weighted by molar-refractivity contribution is 6.07. The molecule has 11 heteroatoms. The van der Waals surface area contributed by atoms with Crippen molar-refractivity contribution in [1.82, 2.24) is 19.7 Å². The van der Waals surface area contributed by atoms with Crippen LogP contribution in [-0.2, 0) is 15.1 Å². The van der Waals surface area contributed by atoms with Crippen molar-refractivity contribution in [2.24, 2.45) is 0 Å². The number of anilines is 1. The Morgan fingerprint density at radius 2 is 1.45 bits per heavy atom. The van der Waals surface area contributed by atoms with E-state index in [1.807, 2.05) is 84.9 Å². The molecule has 0 unspecified atom stereocenters. The van der Waals surface area contributed by atoms with Crippen molar-refractivity contribution >= 4 is 22.8 Å². The van der Waals surface area contributed by atoms with E-state index in [4.69, 9.17) is 18.9 Å². The van der Waals surface area contributed by atoms with Gasteiger partial charge in [0.1, 0.15) is 35.3 Å². The van der Waals surface area contributed by atoms with Crippen LogP contribution in [0.25, 0.3) is 11.0 Å². The molecule has 6 aromatic rings. The van der Waals surface area contributed by atoms with Crippen LogP contribution in [0.2, 0.25) is 0 Å². The molecule has 2 aromatic heterocycles. The summed E-state index contributed by atoms with van der Waals surface area (Å²) in [5.41, 5.74) is 2.46. The van der Waals surface area contributed by atoms with E-state index in [2.05, 4.69) is 20.4 Å². The van der Waals surface area contributed by atoms with Gasteiger partial charge in [-0.25, -0.2) is 14.6 Å². The Bertz CT molecular complexity index is 1970. The summed E-state index contributed by atoms with van der Waals surface area (Å²) >= 11 is 0. The first-order valence-electron chi connectivity index (χ1n) is 15.9. The smallest absolute Gasteiger partial charge is 0.256 e. The van der Waals surface area contributed by atoms with Crippen molar-refractivity contribution < 1.29 is 28.8 Å². The number of fused-ring (bicyclic) bond motifs is 1. The van der Waals surface area contributed by atoms with E-state index in [1.165, 1.54) is 6.33 Å². The molecule has 3 atom stereocenters. The first-order valence-corrected chi connectivity index (χ1v) is 15.9. The highest BCUT2D eigenvalue weighted by Crippen LogP contribution is 2.43. The van der Waals surface area contributed by atoms with Gasteiger partial charge in [0, 0.05) is 18.2 Å². The molecule has 1 saturated heterocycles. The number of benzene rings is 4. The first kappa shape index (κ1) is 32.0. The number of aromatic nitrogens is 4. The number of hydrogen-bond donors (Lipinski definition) is 2. The lowest BCUT2D eigenvalue weighted by atomic mass is 9.80. The second-order valence-electron chi connectivity index (χ2n) is 11.6. The number of hydrogen-bond acceptors (Lipinski definition) is 9. The van der Waals surface area contributed by atoms with E-state index in [1.54, 1.807) is 49.4 Å². The zero-order chi connectivity index (χ0) is 33.8. The van der Waals surface area contributed by atoms with Crippen LogP contribution in [-0.4, -0.2) is 63.8 Å². The van der Waals surface area contributed by atoms with Crippen LogP contribution in [0.1, 0.15) is 39.7 Å². The second kappa shape index (κ2) is 13.9. The summed E-state index contributed by atoms with van der Waals surface area (Å²) < 4.78 is 25.9. The highest BCUT2D eigenvalue weighted by atomic mass is 16.6. The Morgan fingerprint density at radius 1 is 0.857 bits per heavy atom. The number of ether oxygens (including phenoxy) is 4. The van der Waals surface area contributed by atoms with Gasteiger partial charge in [-0.2, -0.15) is 0 Å². The van der Waals surface area contributed by atoms with E-state index in [0.29, 0.717) is 22.4 Å². The maximum absolute atomic E-state index is 12.8. The number of carbonyl (C=O) groups excluding carboxylic acids is 1. The molecule has 248 valence electrons. The molecule has 11 nitrogen and oxygen atoms in total. The van der Waals surface area contributed by atoms with Crippen molar-refractivity contribution in [2.45, 2.75) is 30.5 Å². The fourth-order valence-electron chi connectivity index (χ4n) is 6.18. The average Bonchev–Trinajstić information content (AvgIpc) is 3.77. The molecular weight excluding hydrogens is 622 g/mol. The van der Waals surface area contributed by atoms with E-state index >= 15 is 0 Å². The molecule has 1 fully saturated rings. The summed E-state index contributed by atoms with van der Waals surface area (Å²) in [5, 5.41) is 19.3. The van der Waals surface area contributed by atoms with Crippen molar-refractivity contribution in [1.29, 1.82) is 0 Å². The van der Waals surface area contributed by atoms with Gasteiger partial charge in [0.25, 0.3) is 5.91 Å². The number of carbonyl (C=O) groups is 1. The largest absolute Gasteiger partial charge is 0.497 e. The van der Waals surface area contributed by atoms with E-state index < -0.39 is 24.0 Å². The zero-order valence-electron chi connectivity index (χ0n) is 27.0. The third-order valence-corrected chi connectivity index (χ3v) is 8.74. The van der Waals surface area contributed by atoms with Crippen molar-refractivity contribution in [3.63, 3.8) is 0 Å². The maximum atomic E-state index is 12.8. The standard InChI is InChI=1S/C38H35N5O6/c1-46-29-17-13-27(14-18-29)38(26-11-7-4-8-12-26,28-15-19-30(47-2)20-16-28)48-23-33-32(44)21-34(49-33)43-22-31-35(39-24-40-36(31)42-43)41-37(45)25-9-5-3-6-10-25/h3-20,22,24,32-34,44H,21,23H2,1-2H3,(H,39,40,41,42,45)/t32-,33+,34+/m0/s1. The monoisotopic (exact) mass is 657 g/mol. The number of methoxy groups -OCH3 is 2. The molecule has 3 heterocycles. The number of amides is 1. The average molecular weight is 658 g/mol. The van der Waals surface area contributed by atoms with Gasteiger partial charge < -0.3 is 29.4 Å². The molecule has 1 aliphatic heterocycles. The summed E-state index contributed by atoms with van der Waals surface area (Å²) in [5.74, 6) is 1.47. The highest BCUT2D eigenvalue weighted by Gasteiger charge is 2.42. The lowest BCUT2D eigenvalue weighted by Gasteiger charge is -2.37. The normalized spacial score (nSPS) is 17.6. The summed E-state index contributed by atoms with van der Waals surface area (Å²) in [6.07, 6.45) is 1.21. The Balaban J connectivity index is 1.17. The zero-order valence-corrected chi connectivity index (χ0v) is 27.0. The number of nitrogens with zero attached hydrogens (tertiary/aromatic N) is 4. The molecule has 4 aromatic carbocycles. The van der Waals surface area contributed by atoms with Gasteiger partial charge in [-0.3, -0.25) is 4.79 Å². The second-order valence-corrected chi connectivity index (χ2v) is 11.6. The van der Waals surface area contributed by atoms with Crippen LogP contribution >= 0.6 is 0 Å². The minimum absolute atomic E-state index is 0.0591. The van der Waals surface area contributed by atoms with Gasteiger partial charge in [-0.15, -0.1) is 5.10 Å².